The SMILES string of the molecule is O=C(Nc1ccc(Cl)cc1)c1ccc(N2CCNC2=O)cc1. The third-order valence-electron chi connectivity index (χ3n) is 3.40. The number of rotatable bonds is 3. The van der Waals surface area contributed by atoms with Crippen molar-refractivity contribution in [2.24, 2.45) is 0 Å². The number of halogens is 1. The van der Waals surface area contributed by atoms with E-state index in [4.69, 9.17) is 11.6 Å². The first-order valence-corrected chi connectivity index (χ1v) is 7.23. The molecule has 5 nitrogen and oxygen atoms in total. The lowest BCUT2D eigenvalue weighted by Gasteiger charge is -2.14. The summed E-state index contributed by atoms with van der Waals surface area (Å²) in [6, 6.07) is 13.7. The number of benzene rings is 2. The monoisotopic (exact) mass is 315 g/mol. The lowest BCUT2D eigenvalue weighted by molar-refractivity contribution is 0.102. The van der Waals surface area contributed by atoms with Gasteiger partial charge in [0.15, 0.2) is 0 Å². The van der Waals surface area contributed by atoms with Gasteiger partial charge in [0.1, 0.15) is 0 Å². The van der Waals surface area contributed by atoms with Gasteiger partial charge in [0, 0.05) is 35.1 Å². The van der Waals surface area contributed by atoms with Crippen molar-refractivity contribution in [1.29, 1.82) is 0 Å². The zero-order valence-electron chi connectivity index (χ0n) is 11.7. The molecule has 1 heterocycles. The maximum atomic E-state index is 12.2. The minimum Gasteiger partial charge on any atom is -0.336 e. The van der Waals surface area contributed by atoms with E-state index in [2.05, 4.69) is 10.6 Å². The molecule has 1 fully saturated rings. The Kier molecular flexibility index (Phi) is 3.98. The van der Waals surface area contributed by atoms with Crippen molar-refractivity contribution in [2.75, 3.05) is 23.3 Å². The van der Waals surface area contributed by atoms with E-state index >= 15 is 0 Å². The van der Waals surface area contributed by atoms with Crippen LogP contribution in [0.1, 0.15) is 10.4 Å². The molecule has 1 saturated heterocycles. The van der Waals surface area contributed by atoms with Gasteiger partial charge in [-0.25, -0.2) is 4.79 Å². The molecule has 6 heteroatoms. The van der Waals surface area contributed by atoms with Gasteiger partial charge in [-0.3, -0.25) is 9.69 Å². The molecule has 0 saturated carbocycles. The van der Waals surface area contributed by atoms with Crippen molar-refractivity contribution in [3.05, 3.63) is 59.1 Å². The number of amides is 3. The molecule has 0 aliphatic carbocycles. The Morgan fingerprint density at radius 2 is 1.77 bits per heavy atom. The van der Waals surface area contributed by atoms with E-state index in [1.54, 1.807) is 53.4 Å². The molecule has 2 aromatic rings. The summed E-state index contributed by atoms with van der Waals surface area (Å²) in [6.07, 6.45) is 0. The minimum absolute atomic E-state index is 0.113. The molecule has 0 atom stereocenters. The predicted octanol–water partition coefficient (Wildman–Crippen LogP) is 3.12. The van der Waals surface area contributed by atoms with Crippen molar-refractivity contribution in [3.8, 4) is 0 Å². The fourth-order valence-electron chi connectivity index (χ4n) is 2.25. The summed E-state index contributed by atoms with van der Waals surface area (Å²) < 4.78 is 0. The first-order chi connectivity index (χ1) is 10.6. The Hall–Kier alpha value is -2.53. The molecule has 0 unspecified atom stereocenters. The van der Waals surface area contributed by atoms with Crippen molar-refractivity contribution in [1.82, 2.24) is 5.32 Å². The molecule has 0 radical (unpaired) electrons. The van der Waals surface area contributed by atoms with Gasteiger partial charge in [0.25, 0.3) is 5.91 Å². The zero-order chi connectivity index (χ0) is 15.5. The van der Waals surface area contributed by atoms with Gasteiger partial charge in [0.2, 0.25) is 0 Å². The normalized spacial score (nSPS) is 13.9. The van der Waals surface area contributed by atoms with Gasteiger partial charge in [0.05, 0.1) is 0 Å². The molecule has 112 valence electrons. The smallest absolute Gasteiger partial charge is 0.321 e. The summed E-state index contributed by atoms with van der Waals surface area (Å²) in [6.45, 7) is 1.27. The number of nitrogens with one attached hydrogen (secondary N) is 2. The van der Waals surface area contributed by atoms with Gasteiger partial charge in [-0.1, -0.05) is 11.6 Å². The predicted molar refractivity (Wildman–Crippen MR) is 86.6 cm³/mol. The molecule has 2 N–H and O–H groups in total. The molecule has 1 aliphatic rings. The van der Waals surface area contributed by atoms with Gasteiger partial charge >= 0.3 is 6.03 Å². The Morgan fingerprint density at radius 3 is 2.36 bits per heavy atom. The van der Waals surface area contributed by atoms with Gasteiger partial charge < -0.3 is 10.6 Å². The highest BCUT2D eigenvalue weighted by Gasteiger charge is 2.21. The lowest BCUT2D eigenvalue weighted by Crippen LogP contribution is -2.27. The molecule has 0 aromatic heterocycles. The third kappa shape index (κ3) is 3.04. The van der Waals surface area contributed by atoms with Crippen LogP contribution in [0.5, 0.6) is 0 Å². The van der Waals surface area contributed by atoms with Crippen LogP contribution in [-0.4, -0.2) is 25.0 Å². The van der Waals surface area contributed by atoms with Crippen LogP contribution in [0.2, 0.25) is 5.02 Å². The van der Waals surface area contributed by atoms with Crippen LogP contribution >= 0.6 is 11.6 Å². The molecular weight excluding hydrogens is 302 g/mol. The van der Waals surface area contributed by atoms with Crippen LogP contribution in [0.25, 0.3) is 0 Å². The van der Waals surface area contributed by atoms with Crippen LogP contribution in [0.4, 0.5) is 16.2 Å². The summed E-state index contributed by atoms with van der Waals surface area (Å²) >= 11 is 5.81. The maximum absolute atomic E-state index is 12.2. The zero-order valence-corrected chi connectivity index (χ0v) is 12.4. The van der Waals surface area contributed by atoms with Crippen LogP contribution in [0.3, 0.4) is 0 Å². The molecule has 3 rings (SSSR count). The second kappa shape index (κ2) is 6.07. The number of carbonyl (C=O) groups is 2. The van der Waals surface area contributed by atoms with Crippen molar-refractivity contribution < 1.29 is 9.59 Å². The van der Waals surface area contributed by atoms with E-state index in [0.29, 0.717) is 29.4 Å². The largest absolute Gasteiger partial charge is 0.336 e. The van der Waals surface area contributed by atoms with Crippen LogP contribution in [0, 0.1) is 0 Å². The summed E-state index contributed by atoms with van der Waals surface area (Å²) in [5.41, 5.74) is 1.98. The Labute approximate surface area is 132 Å². The topological polar surface area (TPSA) is 61.4 Å². The first-order valence-electron chi connectivity index (χ1n) is 6.86. The van der Waals surface area contributed by atoms with E-state index in [0.717, 1.165) is 5.69 Å². The van der Waals surface area contributed by atoms with E-state index in [-0.39, 0.29) is 11.9 Å². The van der Waals surface area contributed by atoms with Gasteiger partial charge in [-0.2, -0.15) is 0 Å². The Morgan fingerprint density at radius 1 is 1.09 bits per heavy atom. The fourth-order valence-corrected chi connectivity index (χ4v) is 2.37. The molecule has 2 aromatic carbocycles. The van der Waals surface area contributed by atoms with E-state index in [9.17, 15) is 9.59 Å². The molecule has 0 bridgehead atoms. The van der Waals surface area contributed by atoms with E-state index in [1.807, 2.05) is 0 Å². The van der Waals surface area contributed by atoms with Gasteiger partial charge in [-0.15, -0.1) is 0 Å². The standard InChI is InChI=1S/C16H14ClN3O2/c17-12-3-5-13(6-4-12)19-15(21)11-1-7-14(8-2-11)20-10-9-18-16(20)22/h1-8H,9-10H2,(H,18,22)(H,19,21). The number of nitrogens with zero attached hydrogens (tertiary/aromatic N) is 1. The average molecular weight is 316 g/mol. The van der Waals surface area contributed by atoms with Crippen LogP contribution < -0.4 is 15.5 Å². The van der Waals surface area contributed by atoms with Crippen LogP contribution in [-0.2, 0) is 0 Å². The Balaban J connectivity index is 1.70. The molecule has 0 spiro atoms. The maximum Gasteiger partial charge on any atom is 0.321 e. The second-order valence-corrected chi connectivity index (χ2v) is 5.33. The highest BCUT2D eigenvalue weighted by atomic mass is 35.5. The molecule has 1 aliphatic heterocycles. The number of carbonyl (C=O) groups excluding carboxylic acids is 2. The van der Waals surface area contributed by atoms with E-state index in [1.165, 1.54) is 0 Å². The number of hydrogen-bond donors (Lipinski definition) is 2. The Bertz CT molecular complexity index is 698. The summed E-state index contributed by atoms with van der Waals surface area (Å²) in [7, 11) is 0. The van der Waals surface area contributed by atoms with Crippen LogP contribution in [0.15, 0.2) is 48.5 Å². The number of anilines is 2. The van der Waals surface area contributed by atoms with Crippen molar-refractivity contribution in [3.63, 3.8) is 0 Å². The summed E-state index contributed by atoms with van der Waals surface area (Å²) in [5, 5.41) is 6.15. The lowest BCUT2D eigenvalue weighted by atomic mass is 10.1. The third-order valence-corrected chi connectivity index (χ3v) is 3.65. The molecule has 22 heavy (non-hydrogen) atoms. The van der Waals surface area contributed by atoms with E-state index < -0.39 is 0 Å². The number of hydrogen-bond acceptors (Lipinski definition) is 2. The fraction of sp³-hybridized carbons (Fsp3) is 0.125. The summed E-state index contributed by atoms with van der Waals surface area (Å²) in [4.78, 5) is 25.4. The minimum atomic E-state index is -0.209. The number of urea groups is 1. The highest BCUT2D eigenvalue weighted by molar-refractivity contribution is 6.30. The molecule has 3 amide bonds. The first kappa shape index (κ1) is 14.4. The van der Waals surface area contributed by atoms with Crippen molar-refractivity contribution in [2.45, 2.75) is 0 Å². The van der Waals surface area contributed by atoms with Crippen molar-refractivity contribution >= 4 is 34.9 Å². The second-order valence-electron chi connectivity index (χ2n) is 4.89. The van der Waals surface area contributed by atoms with Gasteiger partial charge in [-0.05, 0) is 48.5 Å². The molecular formula is C16H14ClN3O2. The highest BCUT2D eigenvalue weighted by Crippen LogP contribution is 2.19. The summed E-state index contributed by atoms with van der Waals surface area (Å²) in [5.74, 6) is -0.209. The average Bonchev–Trinajstić information content (AvgIpc) is 2.96. The quantitative estimate of drug-likeness (QED) is 0.914.